The summed E-state index contributed by atoms with van der Waals surface area (Å²) < 4.78 is 0. The van der Waals surface area contributed by atoms with E-state index in [0.29, 0.717) is 5.56 Å². The fourth-order valence-electron chi connectivity index (χ4n) is 3.03. The van der Waals surface area contributed by atoms with Gasteiger partial charge in [-0.25, -0.2) is 4.98 Å². The number of likely N-dealkylation sites (tertiary alicyclic amines) is 1. The van der Waals surface area contributed by atoms with E-state index in [2.05, 4.69) is 21.3 Å². The normalized spacial score (nSPS) is 18.3. The van der Waals surface area contributed by atoms with Crippen LogP contribution in [-0.2, 0) is 12.8 Å². The number of nitrogens with zero attached hydrogens (tertiary/aromatic N) is 3. The van der Waals surface area contributed by atoms with Crippen LogP contribution in [0, 0.1) is 11.3 Å². The number of aromatic nitrogens is 1. The van der Waals surface area contributed by atoms with Gasteiger partial charge in [0, 0.05) is 18.8 Å². The predicted octanol–water partition coefficient (Wildman–Crippen LogP) is 1.95. The molecule has 19 heavy (non-hydrogen) atoms. The minimum absolute atomic E-state index is 0.696. The average molecular weight is 256 g/mol. The second-order valence-corrected chi connectivity index (χ2v) is 5.43. The van der Waals surface area contributed by atoms with Gasteiger partial charge in [-0.3, -0.25) is 0 Å². The molecule has 1 aliphatic heterocycles. The Hall–Kier alpha value is -1.60. The number of hydrogen-bond donors (Lipinski definition) is 1. The summed E-state index contributed by atoms with van der Waals surface area (Å²) in [5.74, 6) is 0.780. The van der Waals surface area contributed by atoms with Crippen LogP contribution in [0.4, 0.5) is 5.82 Å². The Morgan fingerprint density at radius 2 is 2.11 bits per heavy atom. The maximum absolute atomic E-state index is 9.22. The zero-order valence-electron chi connectivity index (χ0n) is 11.3. The Balaban J connectivity index is 1.64. The van der Waals surface area contributed by atoms with Gasteiger partial charge in [0.2, 0.25) is 0 Å². The minimum atomic E-state index is 0.696. The van der Waals surface area contributed by atoms with E-state index < -0.39 is 0 Å². The smallest absolute Gasteiger partial charge is 0.144 e. The van der Waals surface area contributed by atoms with Crippen molar-refractivity contribution < 1.29 is 0 Å². The van der Waals surface area contributed by atoms with Crippen molar-refractivity contribution in [2.45, 2.75) is 32.1 Å². The van der Waals surface area contributed by atoms with Gasteiger partial charge in [0.15, 0.2) is 0 Å². The quantitative estimate of drug-likeness (QED) is 0.894. The SMILES string of the molecule is N#Cc1cc2c(nc1NCCN1CCCC1)CCC2. The third kappa shape index (κ3) is 2.71. The molecule has 1 N–H and O–H groups in total. The van der Waals surface area contributed by atoms with Crippen LogP contribution in [0.2, 0.25) is 0 Å². The number of aryl methyl sites for hydroxylation is 2. The first-order valence-electron chi connectivity index (χ1n) is 7.26. The van der Waals surface area contributed by atoms with Gasteiger partial charge in [-0.2, -0.15) is 5.26 Å². The van der Waals surface area contributed by atoms with Gasteiger partial charge >= 0.3 is 0 Å². The van der Waals surface area contributed by atoms with Crippen molar-refractivity contribution in [2.24, 2.45) is 0 Å². The minimum Gasteiger partial charge on any atom is -0.368 e. The molecule has 1 saturated heterocycles. The van der Waals surface area contributed by atoms with Gasteiger partial charge in [-0.15, -0.1) is 0 Å². The third-order valence-electron chi connectivity index (χ3n) is 4.09. The van der Waals surface area contributed by atoms with E-state index in [0.717, 1.165) is 31.7 Å². The van der Waals surface area contributed by atoms with E-state index >= 15 is 0 Å². The van der Waals surface area contributed by atoms with Crippen LogP contribution in [0.25, 0.3) is 0 Å². The van der Waals surface area contributed by atoms with Crippen LogP contribution in [0.15, 0.2) is 6.07 Å². The monoisotopic (exact) mass is 256 g/mol. The summed E-state index contributed by atoms with van der Waals surface area (Å²) in [7, 11) is 0. The van der Waals surface area contributed by atoms with Crippen molar-refractivity contribution in [3.8, 4) is 6.07 Å². The molecular weight excluding hydrogens is 236 g/mol. The molecule has 4 nitrogen and oxygen atoms in total. The Morgan fingerprint density at radius 3 is 2.89 bits per heavy atom. The van der Waals surface area contributed by atoms with Crippen LogP contribution in [0.1, 0.15) is 36.1 Å². The fourth-order valence-corrected chi connectivity index (χ4v) is 3.03. The topological polar surface area (TPSA) is 52.0 Å². The Kier molecular flexibility index (Phi) is 3.65. The van der Waals surface area contributed by atoms with E-state index in [1.54, 1.807) is 0 Å². The first-order chi connectivity index (χ1) is 9.36. The highest BCUT2D eigenvalue weighted by atomic mass is 15.2. The number of nitriles is 1. The van der Waals surface area contributed by atoms with Crippen molar-refractivity contribution in [1.82, 2.24) is 9.88 Å². The molecule has 3 rings (SSSR count). The van der Waals surface area contributed by atoms with Crippen molar-refractivity contribution >= 4 is 5.82 Å². The number of anilines is 1. The molecule has 0 unspecified atom stereocenters. The van der Waals surface area contributed by atoms with Crippen LogP contribution in [-0.4, -0.2) is 36.1 Å². The van der Waals surface area contributed by atoms with Gasteiger partial charge in [-0.1, -0.05) is 0 Å². The second kappa shape index (κ2) is 5.58. The molecule has 100 valence electrons. The summed E-state index contributed by atoms with van der Waals surface area (Å²) in [5, 5.41) is 12.6. The lowest BCUT2D eigenvalue weighted by molar-refractivity contribution is 0.352. The summed E-state index contributed by atoms with van der Waals surface area (Å²) in [4.78, 5) is 7.10. The average Bonchev–Trinajstić information content (AvgIpc) is 3.08. The van der Waals surface area contributed by atoms with Crippen LogP contribution in [0.5, 0.6) is 0 Å². The van der Waals surface area contributed by atoms with Gasteiger partial charge in [0.25, 0.3) is 0 Å². The summed E-state index contributed by atoms with van der Waals surface area (Å²) in [5.41, 5.74) is 3.14. The molecule has 2 heterocycles. The van der Waals surface area contributed by atoms with E-state index in [4.69, 9.17) is 0 Å². The molecule has 0 aromatic carbocycles. The molecule has 0 atom stereocenters. The molecule has 2 aliphatic rings. The van der Waals surface area contributed by atoms with E-state index in [9.17, 15) is 5.26 Å². The summed E-state index contributed by atoms with van der Waals surface area (Å²) in [6.45, 7) is 4.35. The predicted molar refractivity (Wildman–Crippen MR) is 75.1 cm³/mol. The van der Waals surface area contributed by atoms with Crippen molar-refractivity contribution in [1.29, 1.82) is 5.26 Å². The Labute approximate surface area is 114 Å². The maximum atomic E-state index is 9.22. The van der Waals surface area contributed by atoms with Crippen molar-refractivity contribution in [3.05, 3.63) is 22.9 Å². The fraction of sp³-hybridized carbons (Fsp3) is 0.600. The van der Waals surface area contributed by atoms with Gasteiger partial charge in [0.05, 0.1) is 5.56 Å². The number of pyridine rings is 1. The zero-order valence-corrected chi connectivity index (χ0v) is 11.3. The van der Waals surface area contributed by atoms with E-state index in [1.807, 2.05) is 6.07 Å². The third-order valence-corrected chi connectivity index (χ3v) is 4.09. The van der Waals surface area contributed by atoms with E-state index in [-0.39, 0.29) is 0 Å². The highest BCUT2D eigenvalue weighted by Crippen LogP contribution is 2.24. The molecule has 0 radical (unpaired) electrons. The number of nitrogens with one attached hydrogen (secondary N) is 1. The summed E-state index contributed by atoms with van der Waals surface area (Å²) in [6, 6.07) is 4.29. The molecule has 0 bridgehead atoms. The van der Waals surface area contributed by atoms with Gasteiger partial charge in [0.1, 0.15) is 11.9 Å². The number of hydrogen-bond acceptors (Lipinski definition) is 4. The second-order valence-electron chi connectivity index (χ2n) is 5.43. The lowest BCUT2D eigenvalue weighted by atomic mass is 10.1. The van der Waals surface area contributed by atoms with Crippen LogP contribution >= 0.6 is 0 Å². The summed E-state index contributed by atoms with van der Waals surface area (Å²) in [6.07, 6.45) is 5.94. The number of fused-ring (bicyclic) bond motifs is 1. The summed E-state index contributed by atoms with van der Waals surface area (Å²) >= 11 is 0. The lowest BCUT2D eigenvalue weighted by Gasteiger charge is -2.16. The van der Waals surface area contributed by atoms with E-state index in [1.165, 1.54) is 43.6 Å². The standard InChI is InChI=1S/C15H20N4/c16-11-13-10-12-4-3-5-14(12)18-15(13)17-6-9-19-7-1-2-8-19/h10H,1-9H2,(H,17,18). The molecule has 1 aromatic rings. The Morgan fingerprint density at radius 1 is 1.26 bits per heavy atom. The van der Waals surface area contributed by atoms with Gasteiger partial charge < -0.3 is 10.2 Å². The molecule has 1 aromatic heterocycles. The van der Waals surface area contributed by atoms with Crippen molar-refractivity contribution in [3.63, 3.8) is 0 Å². The largest absolute Gasteiger partial charge is 0.368 e. The molecule has 0 saturated carbocycles. The molecule has 1 aliphatic carbocycles. The number of rotatable bonds is 4. The van der Waals surface area contributed by atoms with Crippen LogP contribution in [0.3, 0.4) is 0 Å². The van der Waals surface area contributed by atoms with Crippen molar-refractivity contribution in [2.75, 3.05) is 31.5 Å². The first-order valence-corrected chi connectivity index (χ1v) is 7.26. The zero-order chi connectivity index (χ0) is 13.1. The molecule has 0 amide bonds. The molecule has 0 spiro atoms. The molecule has 1 fully saturated rings. The first kappa shape index (κ1) is 12.4. The van der Waals surface area contributed by atoms with Crippen LogP contribution < -0.4 is 5.32 Å². The highest BCUT2D eigenvalue weighted by Gasteiger charge is 2.16. The molecular formula is C15H20N4. The van der Waals surface area contributed by atoms with Gasteiger partial charge in [-0.05, 0) is 56.8 Å². The maximum Gasteiger partial charge on any atom is 0.144 e. The lowest BCUT2D eigenvalue weighted by Crippen LogP contribution is -2.26. The highest BCUT2D eigenvalue weighted by molar-refractivity contribution is 5.55. The Bertz CT molecular complexity index is 498. The molecule has 4 heteroatoms.